The van der Waals surface area contributed by atoms with Crippen molar-refractivity contribution in [1.82, 2.24) is 10.2 Å². The lowest BCUT2D eigenvalue weighted by atomic mass is 9.88. The van der Waals surface area contributed by atoms with E-state index in [4.69, 9.17) is 4.74 Å². The van der Waals surface area contributed by atoms with Gasteiger partial charge < -0.3 is 20.1 Å². The summed E-state index contributed by atoms with van der Waals surface area (Å²) in [5.74, 6) is -0.507. The molecule has 0 aliphatic carbocycles. The van der Waals surface area contributed by atoms with Crippen molar-refractivity contribution in [3.05, 3.63) is 0 Å². The van der Waals surface area contributed by atoms with Crippen LogP contribution < -0.4 is 5.32 Å². The Bertz CT molecular complexity index is 346. The Labute approximate surface area is 120 Å². The van der Waals surface area contributed by atoms with E-state index < -0.39 is 11.4 Å². The normalized spacial score (nSPS) is 22.1. The minimum absolute atomic E-state index is 0.156. The van der Waals surface area contributed by atoms with Gasteiger partial charge in [-0.05, 0) is 26.2 Å². The second-order valence-electron chi connectivity index (χ2n) is 5.79. The van der Waals surface area contributed by atoms with Crippen molar-refractivity contribution in [2.75, 3.05) is 33.4 Å². The Morgan fingerprint density at radius 1 is 1.50 bits per heavy atom. The van der Waals surface area contributed by atoms with Gasteiger partial charge in [0.25, 0.3) is 0 Å². The molecule has 6 nitrogen and oxygen atoms in total. The van der Waals surface area contributed by atoms with Crippen LogP contribution in [0.1, 0.15) is 33.1 Å². The standard InChI is InChI=1S/C14H26N2O4/c1-4-14(2,12(17)18)10-15-13(19)16-7-5-6-11(8-16)9-20-3/h11H,4-10H2,1-3H3,(H,15,19)(H,17,18). The number of piperidine rings is 1. The van der Waals surface area contributed by atoms with Crippen LogP contribution in [0, 0.1) is 11.3 Å². The maximum absolute atomic E-state index is 12.1. The number of hydrogen-bond donors (Lipinski definition) is 2. The summed E-state index contributed by atoms with van der Waals surface area (Å²) in [4.78, 5) is 25.1. The zero-order valence-electron chi connectivity index (χ0n) is 12.6. The van der Waals surface area contributed by atoms with Gasteiger partial charge in [-0.3, -0.25) is 4.79 Å². The minimum atomic E-state index is -0.905. The molecular formula is C14H26N2O4. The first-order valence-electron chi connectivity index (χ1n) is 7.18. The number of methoxy groups -OCH3 is 1. The molecule has 0 spiro atoms. The number of urea groups is 1. The number of likely N-dealkylation sites (tertiary alicyclic amines) is 1. The topological polar surface area (TPSA) is 78.9 Å². The molecule has 0 saturated carbocycles. The van der Waals surface area contributed by atoms with E-state index in [0.717, 1.165) is 19.4 Å². The van der Waals surface area contributed by atoms with Crippen molar-refractivity contribution < 1.29 is 19.4 Å². The van der Waals surface area contributed by atoms with E-state index in [9.17, 15) is 14.7 Å². The first kappa shape index (κ1) is 16.8. The zero-order valence-corrected chi connectivity index (χ0v) is 12.6. The highest BCUT2D eigenvalue weighted by molar-refractivity contribution is 5.78. The number of carbonyl (C=O) groups excluding carboxylic acids is 1. The number of amides is 2. The minimum Gasteiger partial charge on any atom is -0.481 e. The lowest BCUT2D eigenvalue weighted by Crippen LogP contribution is -2.49. The van der Waals surface area contributed by atoms with E-state index in [1.807, 2.05) is 6.92 Å². The van der Waals surface area contributed by atoms with Gasteiger partial charge in [0.15, 0.2) is 0 Å². The largest absolute Gasteiger partial charge is 0.481 e. The highest BCUT2D eigenvalue weighted by Gasteiger charge is 2.32. The van der Waals surface area contributed by atoms with Crippen LogP contribution in [0.2, 0.25) is 0 Å². The van der Waals surface area contributed by atoms with Crippen LogP contribution in [0.25, 0.3) is 0 Å². The Morgan fingerprint density at radius 2 is 2.20 bits per heavy atom. The molecule has 2 N–H and O–H groups in total. The van der Waals surface area contributed by atoms with Crippen LogP contribution in [0.5, 0.6) is 0 Å². The fourth-order valence-corrected chi connectivity index (χ4v) is 2.36. The first-order valence-corrected chi connectivity index (χ1v) is 7.18. The molecule has 2 unspecified atom stereocenters. The van der Waals surface area contributed by atoms with E-state index >= 15 is 0 Å². The van der Waals surface area contributed by atoms with Gasteiger partial charge in [-0.2, -0.15) is 0 Å². The molecule has 1 aliphatic rings. The molecule has 0 bridgehead atoms. The summed E-state index contributed by atoms with van der Waals surface area (Å²) in [7, 11) is 1.67. The quantitative estimate of drug-likeness (QED) is 0.776. The van der Waals surface area contributed by atoms with Crippen molar-refractivity contribution in [3.63, 3.8) is 0 Å². The molecule has 0 radical (unpaired) electrons. The van der Waals surface area contributed by atoms with Crippen LogP contribution in [0.4, 0.5) is 4.79 Å². The van der Waals surface area contributed by atoms with Gasteiger partial charge in [-0.1, -0.05) is 6.92 Å². The third-order valence-electron chi connectivity index (χ3n) is 4.13. The van der Waals surface area contributed by atoms with E-state index in [1.165, 1.54) is 0 Å². The van der Waals surface area contributed by atoms with Crippen LogP contribution in [0.3, 0.4) is 0 Å². The smallest absolute Gasteiger partial charge is 0.317 e. The summed E-state index contributed by atoms with van der Waals surface area (Å²) in [6.07, 6.45) is 2.51. The van der Waals surface area contributed by atoms with Crippen molar-refractivity contribution in [1.29, 1.82) is 0 Å². The van der Waals surface area contributed by atoms with Gasteiger partial charge in [0.1, 0.15) is 0 Å². The second kappa shape index (κ2) is 7.47. The highest BCUT2D eigenvalue weighted by Crippen LogP contribution is 2.21. The number of carboxylic acids is 1. The van der Waals surface area contributed by atoms with E-state index in [1.54, 1.807) is 18.9 Å². The lowest BCUT2D eigenvalue weighted by molar-refractivity contribution is -0.147. The van der Waals surface area contributed by atoms with Crippen molar-refractivity contribution >= 4 is 12.0 Å². The summed E-state index contributed by atoms with van der Waals surface area (Å²) in [6.45, 7) is 5.68. The molecule has 2 amide bonds. The van der Waals surface area contributed by atoms with Crippen LogP contribution in [-0.2, 0) is 9.53 Å². The average molecular weight is 286 g/mol. The van der Waals surface area contributed by atoms with E-state index in [-0.39, 0.29) is 12.6 Å². The van der Waals surface area contributed by atoms with Crippen molar-refractivity contribution in [2.45, 2.75) is 33.1 Å². The molecule has 0 aromatic carbocycles. The number of ether oxygens (including phenoxy) is 1. The molecule has 0 aromatic heterocycles. The van der Waals surface area contributed by atoms with Gasteiger partial charge in [-0.15, -0.1) is 0 Å². The molecule has 116 valence electrons. The van der Waals surface area contributed by atoms with Crippen LogP contribution in [0.15, 0.2) is 0 Å². The third kappa shape index (κ3) is 4.37. The number of nitrogens with zero attached hydrogens (tertiary/aromatic N) is 1. The molecule has 1 rings (SSSR count). The van der Waals surface area contributed by atoms with Crippen LogP contribution >= 0.6 is 0 Å². The summed E-state index contributed by atoms with van der Waals surface area (Å²) in [5.41, 5.74) is -0.905. The monoisotopic (exact) mass is 286 g/mol. The SMILES string of the molecule is CCC(C)(CNC(=O)N1CCCC(COC)C1)C(=O)O. The number of hydrogen-bond acceptors (Lipinski definition) is 3. The van der Waals surface area contributed by atoms with E-state index in [2.05, 4.69) is 5.32 Å². The molecule has 0 aromatic rings. The van der Waals surface area contributed by atoms with E-state index in [0.29, 0.717) is 25.5 Å². The van der Waals surface area contributed by atoms with Gasteiger partial charge in [0, 0.05) is 32.7 Å². The average Bonchev–Trinajstić information content (AvgIpc) is 2.44. The Morgan fingerprint density at radius 3 is 2.75 bits per heavy atom. The molecule has 2 atom stereocenters. The number of carboxylic acid groups (broad SMARTS) is 1. The Balaban J connectivity index is 2.48. The van der Waals surface area contributed by atoms with Crippen molar-refractivity contribution in [2.24, 2.45) is 11.3 Å². The second-order valence-corrected chi connectivity index (χ2v) is 5.79. The summed E-state index contributed by atoms with van der Waals surface area (Å²) in [6, 6.07) is -0.174. The fraction of sp³-hybridized carbons (Fsp3) is 0.857. The Hall–Kier alpha value is -1.30. The summed E-state index contributed by atoms with van der Waals surface area (Å²) in [5, 5.41) is 11.9. The van der Waals surface area contributed by atoms with Crippen molar-refractivity contribution in [3.8, 4) is 0 Å². The predicted octanol–water partition coefficient (Wildman–Crippen LogP) is 1.56. The van der Waals surface area contributed by atoms with Crippen LogP contribution in [-0.4, -0.2) is 55.4 Å². The predicted molar refractivity (Wildman–Crippen MR) is 75.6 cm³/mol. The molecule has 1 aliphatic heterocycles. The fourth-order valence-electron chi connectivity index (χ4n) is 2.36. The maximum Gasteiger partial charge on any atom is 0.317 e. The molecule has 20 heavy (non-hydrogen) atoms. The number of rotatable bonds is 6. The van der Waals surface area contributed by atoms with Gasteiger partial charge in [0.05, 0.1) is 12.0 Å². The molecule has 6 heteroatoms. The molecule has 1 fully saturated rings. The molecular weight excluding hydrogens is 260 g/mol. The maximum atomic E-state index is 12.1. The Kier molecular flexibility index (Phi) is 6.26. The summed E-state index contributed by atoms with van der Waals surface area (Å²) < 4.78 is 5.14. The molecule has 1 heterocycles. The summed E-state index contributed by atoms with van der Waals surface area (Å²) >= 11 is 0. The lowest BCUT2D eigenvalue weighted by Gasteiger charge is -2.33. The number of carbonyl (C=O) groups is 2. The van der Waals surface area contributed by atoms with Gasteiger partial charge >= 0.3 is 12.0 Å². The third-order valence-corrected chi connectivity index (χ3v) is 4.13. The molecule has 1 saturated heterocycles. The zero-order chi connectivity index (χ0) is 15.2. The first-order chi connectivity index (χ1) is 9.42. The van der Waals surface area contributed by atoms with Gasteiger partial charge in [0.2, 0.25) is 0 Å². The highest BCUT2D eigenvalue weighted by atomic mass is 16.5. The number of nitrogens with one attached hydrogen (secondary N) is 1. The van der Waals surface area contributed by atoms with Gasteiger partial charge in [-0.25, -0.2) is 4.79 Å². The number of aliphatic carboxylic acids is 1.